The van der Waals surface area contributed by atoms with Crippen molar-refractivity contribution in [3.05, 3.63) is 52.0 Å². The quantitative estimate of drug-likeness (QED) is 0.843. The Labute approximate surface area is 155 Å². The lowest BCUT2D eigenvalue weighted by atomic mass is 9.92. The van der Waals surface area contributed by atoms with Crippen molar-refractivity contribution in [2.75, 3.05) is 13.1 Å². The van der Waals surface area contributed by atoms with Crippen LogP contribution in [-0.4, -0.2) is 37.7 Å². The minimum atomic E-state index is -0.0471. The van der Waals surface area contributed by atoms with Crippen molar-refractivity contribution in [2.24, 2.45) is 5.92 Å². The van der Waals surface area contributed by atoms with Crippen molar-refractivity contribution in [2.45, 2.75) is 59.0 Å². The molecule has 0 bridgehead atoms. The maximum Gasteiger partial charge on any atom is 0.266 e. The molecule has 1 fully saturated rings. The van der Waals surface area contributed by atoms with Gasteiger partial charge in [-0.15, -0.1) is 0 Å². The maximum absolute atomic E-state index is 12.2. The summed E-state index contributed by atoms with van der Waals surface area (Å²) in [6.07, 6.45) is 3.99. The Bertz CT molecular complexity index is 800. The van der Waals surface area contributed by atoms with Crippen molar-refractivity contribution < 1.29 is 0 Å². The zero-order valence-electron chi connectivity index (χ0n) is 16.3. The highest BCUT2D eigenvalue weighted by Crippen LogP contribution is 2.21. The minimum Gasteiger partial charge on any atom is -0.297 e. The van der Waals surface area contributed by atoms with Crippen LogP contribution in [0.5, 0.6) is 0 Å². The van der Waals surface area contributed by atoms with E-state index in [1.165, 1.54) is 0 Å². The maximum atomic E-state index is 12.2. The monoisotopic (exact) mass is 355 g/mol. The van der Waals surface area contributed by atoms with Crippen LogP contribution in [0.1, 0.15) is 50.8 Å². The van der Waals surface area contributed by atoms with Gasteiger partial charge in [-0.3, -0.25) is 9.69 Å². The number of piperidine rings is 1. The van der Waals surface area contributed by atoms with Gasteiger partial charge in [0.15, 0.2) is 0 Å². The molecule has 3 heterocycles. The van der Waals surface area contributed by atoms with Gasteiger partial charge in [0, 0.05) is 30.8 Å². The summed E-state index contributed by atoms with van der Waals surface area (Å²) in [5.74, 6) is 1.32. The molecule has 0 radical (unpaired) electrons. The largest absolute Gasteiger partial charge is 0.297 e. The fraction of sp³-hybridized carbons (Fsp3) is 0.600. The van der Waals surface area contributed by atoms with Crippen molar-refractivity contribution in [3.63, 3.8) is 0 Å². The van der Waals surface area contributed by atoms with Crippen LogP contribution < -0.4 is 5.56 Å². The summed E-state index contributed by atoms with van der Waals surface area (Å²) in [5, 5.41) is 4.61. The van der Waals surface area contributed by atoms with Crippen molar-refractivity contribution in [1.29, 1.82) is 0 Å². The molecule has 0 amide bonds. The Kier molecular flexibility index (Phi) is 5.51. The second kappa shape index (κ2) is 7.66. The van der Waals surface area contributed by atoms with E-state index in [1.807, 2.05) is 25.3 Å². The summed E-state index contributed by atoms with van der Waals surface area (Å²) in [6.45, 7) is 11.9. The third-order valence-electron chi connectivity index (χ3n) is 4.99. The van der Waals surface area contributed by atoms with Gasteiger partial charge in [0.25, 0.3) is 5.56 Å². The first-order valence-corrected chi connectivity index (χ1v) is 9.41. The molecule has 2 aromatic heterocycles. The molecule has 0 spiro atoms. The van der Waals surface area contributed by atoms with Crippen LogP contribution in [0.2, 0.25) is 0 Å². The van der Waals surface area contributed by atoms with Gasteiger partial charge in [-0.1, -0.05) is 20.8 Å². The number of aryl methyl sites for hydroxylation is 1. The van der Waals surface area contributed by atoms with E-state index in [0.29, 0.717) is 12.5 Å². The normalized spacial score (nSPS) is 16.8. The highest BCUT2D eigenvalue weighted by molar-refractivity contribution is 5.10. The molecule has 1 aliphatic heterocycles. The van der Waals surface area contributed by atoms with E-state index in [9.17, 15) is 4.79 Å². The highest BCUT2D eigenvalue weighted by atomic mass is 16.1. The fourth-order valence-electron chi connectivity index (χ4n) is 3.37. The number of hydrogen-bond donors (Lipinski definition) is 0. The first-order chi connectivity index (χ1) is 12.3. The molecular weight excluding hydrogens is 326 g/mol. The average Bonchev–Trinajstić information content (AvgIpc) is 2.57. The summed E-state index contributed by atoms with van der Waals surface area (Å²) >= 11 is 0. The molecule has 0 N–H and O–H groups in total. The molecule has 3 rings (SSSR count). The lowest BCUT2D eigenvalue weighted by Crippen LogP contribution is -2.37. The number of likely N-dealkylation sites (tertiary alicyclic amines) is 1. The van der Waals surface area contributed by atoms with Gasteiger partial charge in [0.05, 0.1) is 11.4 Å². The van der Waals surface area contributed by atoms with E-state index < -0.39 is 0 Å². The highest BCUT2D eigenvalue weighted by Gasteiger charge is 2.22. The van der Waals surface area contributed by atoms with E-state index >= 15 is 0 Å². The van der Waals surface area contributed by atoms with E-state index in [0.717, 1.165) is 49.7 Å². The van der Waals surface area contributed by atoms with Crippen LogP contribution >= 0.6 is 0 Å². The van der Waals surface area contributed by atoms with Gasteiger partial charge < -0.3 is 0 Å². The Morgan fingerprint density at radius 2 is 1.88 bits per heavy atom. The topological polar surface area (TPSA) is 63.9 Å². The second-order valence-corrected chi connectivity index (χ2v) is 8.30. The Morgan fingerprint density at radius 1 is 1.15 bits per heavy atom. The molecule has 0 unspecified atom stereocenters. The molecule has 1 aliphatic rings. The third-order valence-corrected chi connectivity index (χ3v) is 4.99. The number of aromatic nitrogens is 4. The van der Waals surface area contributed by atoms with Gasteiger partial charge in [0.2, 0.25) is 0 Å². The van der Waals surface area contributed by atoms with Crippen molar-refractivity contribution in [1.82, 2.24) is 24.6 Å². The van der Waals surface area contributed by atoms with E-state index in [4.69, 9.17) is 0 Å². The van der Waals surface area contributed by atoms with Gasteiger partial charge in [-0.05, 0) is 50.9 Å². The standard InChI is InChI=1S/C20H29N5O/c1-15-21-10-7-17(22-15)14-24-11-8-16(9-12-24)13-25-19(26)6-5-18(23-25)20(2,3)4/h5-7,10,16H,8-9,11-14H2,1-4H3. The smallest absolute Gasteiger partial charge is 0.266 e. The van der Waals surface area contributed by atoms with E-state index in [2.05, 4.69) is 40.7 Å². The molecule has 26 heavy (non-hydrogen) atoms. The number of hydrogen-bond acceptors (Lipinski definition) is 5. The first-order valence-electron chi connectivity index (χ1n) is 9.41. The van der Waals surface area contributed by atoms with Crippen LogP contribution in [0.4, 0.5) is 0 Å². The first kappa shape index (κ1) is 18.7. The number of rotatable bonds is 4. The fourth-order valence-corrected chi connectivity index (χ4v) is 3.37. The summed E-state index contributed by atoms with van der Waals surface area (Å²) < 4.78 is 1.66. The Hall–Kier alpha value is -2.08. The molecule has 0 aliphatic carbocycles. The molecule has 0 aromatic carbocycles. The lowest BCUT2D eigenvalue weighted by Gasteiger charge is -2.31. The molecule has 2 aromatic rings. The van der Waals surface area contributed by atoms with Gasteiger partial charge in [-0.25, -0.2) is 14.6 Å². The van der Waals surface area contributed by atoms with E-state index in [1.54, 1.807) is 10.7 Å². The van der Waals surface area contributed by atoms with Crippen molar-refractivity contribution in [3.8, 4) is 0 Å². The SMILES string of the molecule is Cc1nccc(CN2CCC(Cn3nc(C(C)(C)C)ccc3=O)CC2)n1. The molecule has 1 saturated heterocycles. The minimum absolute atomic E-state index is 0.00288. The van der Waals surface area contributed by atoms with Crippen LogP contribution in [0.25, 0.3) is 0 Å². The Balaban J connectivity index is 1.58. The van der Waals surface area contributed by atoms with Crippen LogP contribution in [0.15, 0.2) is 29.2 Å². The van der Waals surface area contributed by atoms with Gasteiger partial charge in [-0.2, -0.15) is 5.10 Å². The summed E-state index contributed by atoms with van der Waals surface area (Å²) in [6, 6.07) is 5.49. The summed E-state index contributed by atoms with van der Waals surface area (Å²) in [4.78, 5) is 23.3. The zero-order chi connectivity index (χ0) is 18.7. The van der Waals surface area contributed by atoms with Crippen molar-refractivity contribution >= 4 is 0 Å². The van der Waals surface area contributed by atoms with Crippen LogP contribution in [-0.2, 0) is 18.5 Å². The molecule has 0 atom stereocenters. The van der Waals surface area contributed by atoms with Crippen LogP contribution in [0.3, 0.4) is 0 Å². The predicted molar refractivity (Wildman–Crippen MR) is 102 cm³/mol. The molecule has 6 heteroatoms. The van der Waals surface area contributed by atoms with Gasteiger partial charge in [0.1, 0.15) is 5.82 Å². The molecule has 6 nitrogen and oxygen atoms in total. The average molecular weight is 355 g/mol. The van der Waals surface area contributed by atoms with Crippen LogP contribution in [0, 0.1) is 12.8 Å². The zero-order valence-corrected chi connectivity index (χ0v) is 16.3. The predicted octanol–water partition coefficient (Wildman–Crippen LogP) is 2.55. The van der Waals surface area contributed by atoms with Gasteiger partial charge >= 0.3 is 0 Å². The second-order valence-electron chi connectivity index (χ2n) is 8.30. The molecule has 140 valence electrons. The molecular formula is C20H29N5O. The van der Waals surface area contributed by atoms with E-state index in [-0.39, 0.29) is 11.0 Å². The lowest BCUT2D eigenvalue weighted by molar-refractivity contribution is 0.161. The molecule has 0 saturated carbocycles. The summed E-state index contributed by atoms with van der Waals surface area (Å²) in [7, 11) is 0. The third kappa shape index (κ3) is 4.75. The number of nitrogens with zero attached hydrogens (tertiary/aromatic N) is 5. The summed E-state index contributed by atoms with van der Waals surface area (Å²) in [5.41, 5.74) is 1.99. The Morgan fingerprint density at radius 3 is 2.54 bits per heavy atom.